The first-order chi connectivity index (χ1) is 12.5. The van der Waals surface area contributed by atoms with Crippen LogP contribution in [-0.2, 0) is 16.1 Å². The number of hydrogen-bond acceptors (Lipinski definition) is 8. The molecule has 0 saturated carbocycles. The largest absolute Gasteiger partial charge is 0.396 e. The van der Waals surface area contributed by atoms with Crippen molar-refractivity contribution in [2.45, 2.75) is 45.8 Å². The van der Waals surface area contributed by atoms with Crippen LogP contribution < -0.4 is 5.73 Å². The lowest BCUT2D eigenvalue weighted by atomic mass is 10.2. The van der Waals surface area contributed by atoms with Crippen LogP contribution in [0.25, 0.3) is 0 Å². The van der Waals surface area contributed by atoms with Crippen molar-refractivity contribution >= 4 is 33.8 Å². The zero-order valence-electron chi connectivity index (χ0n) is 15.2. The minimum Gasteiger partial charge on any atom is -0.396 e. The fraction of sp³-hybridized carbons (Fsp3) is 0.588. The fourth-order valence-corrected chi connectivity index (χ4v) is 5.29. The molecule has 3 N–H and O–H groups in total. The number of aryl methyl sites for hydroxylation is 1. The summed E-state index contributed by atoms with van der Waals surface area (Å²) in [7, 11) is 3.29. The minimum atomic E-state index is 0.0304. The molecular formula is C17H26N4O3S2. The van der Waals surface area contributed by atoms with Crippen LogP contribution in [0.15, 0.2) is 16.8 Å². The molecule has 2 rings (SSSR count). The van der Waals surface area contributed by atoms with E-state index in [1.807, 2.05) is 6.92 Å². The Morgan fingerprint density at radius 3 is 3.00 bits per heavy atom. The fourth-order valence-electron chi connectivity index (χ4n) is 2.55. The molecule has 7 nitrogen and oxygen atoms in total. The number of nitrogens with zero attached hydrogens (tertiary/aromatic N) is 3. The predicted octanol–water partition coefficient (Wildman–Crippen LogP) is 2.50. The number of amides is 1. The van der Waals surface area contributed by atoms with Gasteiger partial charge in [0.15, 0.2) is 0 Å². The molecule has 144 valence electrons. The second kappa shape index (κ2) is 10.8. The van der Waals surface area contributed by atoms with Crippen LogP contribution in [0.4, 0.5) is 5.82 Å². The van der Waals surface area contributed by atoms with Gasteiger partial charge in [0, 0.05) is 47.7 Å². The summed E-state index contributed by atoms with van der Waals surface area (Å²) in [5.41, 5.74) is 7.44. The number of allylic oxidation sites excluding steroid dienone is 1. The molecule has 0 spiro atoms. The second-order valence-electron chi connectivity index (χ2n) is 6.05. The number of hydrogen-bond donors (Lipinski definition) is 2. The lowest BCUT2D eigenvalue weighted by molar-refractivity contribution is -0.116. The number of aliphatic hydroxyl groups excluding tert-OH is 1. The molecule has 0 aliphatic carbocycles. The highest BCUT2D eigenvalue weighted by molar-refractivity contribution is 8.78. The quantitative estimate of drug-likeness (QED) is 0.458. The molecule has 1 unspecified atom stereocenters. The topological polar surface area (TPSA) is 102 Å². The van der Waals surface area contributed by atoms with Crippen molar-refractivity contribution in [1.82, 2.24) is 14.9 Å². The van der Waals surface area contributed by atoms with E-state index >= 15 is 0 Å². The Morgan fingerprint density at radius 1 is 1.58 bits per heavy atom. The zero-order valence-corrected chi connectivity index (χ0v) is 16.8. The number of rotatable bonds is 10. The molecule has 26 heavy (non-hydrogen) atoms. The average molecular weight is 399 g/mol. The molecule has 1 aromatic rings. The van der Waals surface area contributed by atoms with E-state index in [2.05, 4.69) is 9.97 Å². The standard InChI is InChI=1S/C17H26N4O3S2/c1-12(16(5-6-22)26-25-10-15-4-3-7-24-15)21(11-23)9-14-8-19-13(2)20-17(14)18/h8,11,15,22H,3-7,9-10H2,1-2H3,(H2,18,19,20)/b16-12-. The highest BCUT2D eigenvalue weighted by Gasteiger charge is 2.18. The summed E-state index contributed by atoms with van der Waals surface area (Å²) < 4.78 is 5.63. The maximum absolute atomic E-state index is 11.6. The number of anilines is 1. The van der Waals surface area contributed by atoms with Gasteiger partial charge in [0.25, 0.3) is 0 Å². The van der Waals surface area contributed by atoms with Gasteiger partial charge >= 0.3 is 0 Å². The third-order valence-electron chi connectivity index (χ3n) is 4.10. The van der Waals surface area contributed by atoms with Gasteiger partial charge in [0.05, 0.1) is 12.6 Å². The van der Waals surface area contributed by atoms with Gasteiger partial charge < -0.3 is 20.5 Å². The first-order valence-corrected chi connectivity index (χ1v) is 10.9. The smallest absolute Gasteiger partial charge is 0.214 e. The van der Waals surface area contributed by atoms with Crippen LogP contribution in [0.2, 0.25) is 0 Å². The Balaban J connectivity index is 2.05. The van der Waals surface area contributed by atoms with Crippen molar-refractivity contribution in [3.05, 3.63) is 28.2 Å². The summed E-state index contributed by atoms with van der Waals surface area (Å²) in [6.07, 6.45) is 5.43. The molecule has 1 saturated heterocycles. The molecule has 0 radical (unpaired) electrons. The molecular weight excluding hydrogens is 372 g/mol. The Kier molecular flexibility index (Phi) is 8.70. The predicted molar refractivity (Wildman–Crippen MR) is 106 cm³/mol. The highest BCUT2D eigenvalue weighted by Crippen LogP contribution is 2.37. The highest BCUT2D eigenvalue weighted by atomic mass is 33.1. The summed E-state index contributed by atoms with van der Waals surface area (Å²) in [5.74, 6) is 1.87. The van der Waals surface area contributed by atoms with E-state index in [1.165, 1.54) is 0 Å². The van der Waals surface area contributed by atoms with Gasteiger partial charge in [-0.05, 0) is 26.7 Å². The lowest BCUT2D eigenvalue weighted by Gasteiger charge is -2.22. The Hall–Kier alpha value is -1.29. The third kappa shape index (κ3) is 6.15. The van der Waals surface area contributed by atoms with Crippen LogP contribution in [0, 0.1) is 6.92 Å². The molecule has 1 aliphatic heterocycles. The van der Waals surface area contributed by atoms with Gasteiger partial charge in [-0.1, -0.05) is 21.6 Å². The monoisotopic (exact) mass is 398 g/mol. The Labute approximate surface area is 162 Å². The first kappa shape index (κ1) is 21.0. The van der Waals surface area contributed by atoms with E-state index in [1.54, 1.807) is 39.6 Å². The Morgan fingerprint density at radius 2 is 2.38 bits per heavy atom. The van der Waals surface area contributed by atoms with Gasteiger partial charge in [-0.3, -0.25) is 4.79 Å². The summed E-state index contributed by atoms with van der Waals surface area (Å²) >= 11 is 0. The van der Waals surface area contributed by atoms with Gasteiger partial charge in [-0.15, -0.1) is 0 Å². The molecule has 0 bridgehead atoms. The van der Waals surface area contributed by atoms with Crippen molar-refractivity contribution in [2.75, 3.05) is 24.7 Å². The molecule has 1 atom stereocenters. The lowest BCUT2D eigenvalue weighted by Crippen LogP contribution is -2.22. The number of ether oxygens (including phenoxy) is 1. The van der Waals surface area contributed by atoms with Crippen molar-refractivity contribution in [3.63, 3.8) is 0 Å². The van der Waals surface area contributed by atoms with Gasteiger partial charge in [0.2, 0.25) is 6.41 Å². The van der Waals surface area contributed by atoms with E-state index in [-0.39, 0.29) is 6.61 Å². The van der Waals surface area contributed by atoms with E-state index in [4.69, 9.17) is 10.5 Å². The molecule has 1 aliphatic rings. The van der Waals surface area contributed by atoms with Crippen molar-refractivity contribution in [3.8, 4) is 0 Å². The Bertz CT molecular complexity index is 636. The van der Waals surface area contributed by atoms with Crippen LogP contribution >= 0.6 is 21.6 Å². The molecule has 1 amide bonds. The summed E-state index contributed by atoms with van der Waals surface area (Å²) in [4.78, 5) is 22.5. The first-order valence-electron chi connectivity index (χ1n) is 8.56. The van der Waals surface area contributed by atoms with Crippen molar-refractivity contribution in [2.24, 2.45) is 0 Å². The van der Waals surface area contributed by atoms with Crippen LogP contribution in [0.3, 0.4) is 0 Å². The van der Waals surface area contributed by atoms with E-state index in [0.29, 0.717) is 36.3 Å². The van der Waals surface area contributed by atoms with Crippen LogP contribution in [-0.4, -0.2) is 51.5 Å². The molecule has 0 aromatic carbocycles. The van der Waals surface area contributed by atoms with Gasteiger partial charge in [-0.25, -0.2) is 9.97 Å². The van der Waals surface area contributed by atoms with Crippen LogP contribution in [0.1, 0.15) is 37.6 Å². The summed E-state index contributed by atoms with van der Waals surface area (Å²) in [6.45, 7) is 4.82. The van der Waals surface area contributed by atoms with Crippen molar-refractivity contribution in [1.29, 1.82) is 0 Å². The van der Waals surface area contributed by atoms with E-state index < -0.39 is 0 Å². The summed E-state index contributed by atoms with van der Waals surface area (Å²) in [5, 5.41) is 9.39. The van der Waals surface area contributed by atoms with Crippen LogP contribution in [0.5, 0.6) is 0 Å². The average Bonchev–Trinajstić information content (AvgIpc) is 3.13. The minimum absolute atomic E-state index is 0.0304. The van der Waals surface area contributed by atoms with Gasteiger partial charge in [-0.2, -0.15) is 0 Å². The van der Waals surface area contributed by atoms with Gasteiger partial charge in [0.1, 0.15) is 11.6 Å². The molecule has 1 fully saturated rings. The second-order valence-corrected chi connectivity index (χ2v) is 8.48. The van der Waals surface area contributed by atoms with E-state index in [9.17, 15) is 9.90 Å². The number of carbonyl (C=O) groups excluding carboxylic acids is 1. The maximum Gasteiger partial charge on any atom is 0.214 e. The number of nitrogen functional groups attached to an aromatic ring is 1. The normalized spacial score (nSPS) is 17.9. The maximum atomic E-state index is 11.6. The third-order valence-corrected chi connectivity index (χ3v) is 6.79. The van der Waals surface area contributed by atoms with E-state index in [0.717, 1.165) is 42.2 Å². The SMILES string of the molecule is C/C(=C(\CCO)SSCC1CCCO1)N(C=O)Cc1cnc(C)nc1N. The molecule has 1 aromatic heterocycles. The summed E-state index contributed by atoms with van der Waals surface area (Å²) in [6, 6.07) is 0. The molecule has 9 heteroatoms. The number of aliphatic hydroxyl groups is 1. The zero-order chi connectivity index (χ0) is 18.9. The molecule has 2 heterocycles. The number of carbonyl (C=O) groups is 1. The number of nitrogens with two attached hydrogens (primary N) is 1. The number of aromatic nitrogens is 2. The van der Waals surface area contributed by atoms with Crippen molar-refractivity contribution < 1.29 is 14.6 Å².